The first kappa shape index (κ1) is 14.8. The topological polar surface area (TPSA) is 64.3 Å². The van der Waals surface area contributed by atoms with Crippen molar-refractivity contribution in [3.05, 3.63) is 59.9 Å². The highest BCUT2D eigenvalue weighted by Crippen LogP contribution is 2.28. The van der Waals surface area contributed by atoms with Crippen LogP contribution in [0.4, 0.5) is 10.1 Å². The molecule has 110 valence electrons. The summed E-state index contributed by atoms with van der Waals surface area (Å²) in [6.07, 6.45) is 0. The average molecular weight is 288 g/mol. The molecule has 0 fully saturated rings. The molecule has 0 aliphatic heterocycles. The van der Waals surface area contributed by atoms with Crippen LogP contribution in [0.3, 0.4) is 0 Å². The Morgan fingerprint density at radius 1 is 1.19 bits per heavy atom. The summed E-state index contributed by atoms with van der Waals surface area (Å²) in [7, 11) is 1.56. The summed E-state index contributed by atoms with van der Waals surface area (Å²) in [5, 5.41) is 2.89. The lowest BCUT2D eigenvalue weighted by Crippen LogP contribution is -2.45. The number of hydrogen-bond donors (Lipinski definition) is 2. The van der Waals surface area contributed by atoms with E-state index in [-0.39, 0.29) is 5.69 Å². The van der Waals surface area contributed by atoms with Gasteiger partial charge < -0.3 is 15.8 Å². The van der Waals surface area contributed by atoms with Crippen molar-refractivity contribution in [3.63, 3.8) is 0 Å². The lowest BCUT2D eigenvalue weighted by atomic mass is 9.90. The van der Waals surface area contributed by atoms with E-state index in [1.807, 2.05) is 0 Å². The molecule has 0 heterocycles. The van der Waals surface area contributed by atoms with Crippen LogP contribution in [0.15, 0.2) is 48.5 Å². The van der Waals surface area contributed by atoms with Gasteiger partial charge in [-0.2, -0.15) is 0 Å². The summed E-state index contributed by atoms with van der Waals surface area (Å²) in [5.74, 6) is -0.383. The molecule has 0 saturated heterocycles. The summed E-state index contributed by atoms with van der Waals surface area (Å²) >= 11 is 0. The third-order valence-electron chi connectivity index (χ3n) is 3.42. The number of primary amides is 1. The van der Waals surface area contributed by atoms with Crippen LogP contribution in [-0.2, 0) is 10.3 Å². The Bertz CT molecular complexity index is 643. The van der Waals surface area contributed by atoms with Crippen molar-refractivity contribution in [2.75, 3.05) is 12.4 Å². The summed E-state index contributed by atoms with van der Waals surface area (Å²) in [5.41, 5.74) is 5.13. The number of benzene rings is 2. The Morgan fingerprint density at radius 2 is 1.81 bits per heavy atom. The molecule has 0 aliphatic rings. The summed E-state index contributed by atoms with van der Waals surface area (Å²) in [6.45, 7) is 1.61. The van der Waals surface area contributed by atoms with Crippen molar-refractivity contribution < 1.29 is 13.9 Å². The molecule has 0 saturated carbocycles. The van der Waals surface area contributed by atoms with Gasteiger partial charge in [0.25, 0.3) is 0 Å². The van der Waals surface area contributed by atoms with Crippen molar-refractivity contribution in [1.82, 2.24) is 0 Å². The second-order valence-corrected chi connectivity index (χ2v) is 4.82. The first-order chi connectivity index (χ1) is 9.97. The molecule has 0 bridgehead atoms. The zero-order chi connectivity index (χ0) is 15.5. The number of rotatable bonds is 5. The normalized spacial score (nSPS) is 13.3. The van der Waals surface area contributed by atoms with Gasteiger partial charge in [-0.25, -0.2) is 4.39 Å². The van der Waals surface area contributed by atoms with Crippen LogP contribution >= 0.6 is 0 Å². The van der Waals surface area contributed by atoms with Crippen LogP contribution in [0, 0.1) is 5.82 Å². The van der Waals surface area contributed by atoms with E-state index in [0.29, 0.717) is 11.3 Å². The molecule has 2 aromatic carbocycles. The van der Waals surface area contributed by atoms with Crippen LogP contribution in [0.2, 0.25) is 0 Å². The van der Waals surface area contributed by atoms with E-state index in [0.717, 1.165) is 0 Å². The predicted molar refractivity (Wildman–Crippen MR) is 79.6 cm³/mol. The smallest absolute Gasteiger partial charge is 0.247 e. The average Bonchev–Trinajstić information content (AvgIpc) is 2.49. The van der Waals surface area contributed by atoms with Gasteiger partial charge in [0, 0.05) is 0 Å². The number of nitrogens with one attached hydrogen (secondary N) is 1. The van der Waals surface area contributed by atoms with Gasteiger partial charge in [-0.3, -0.25) is 4.79 Å². The first-order valence-corrected chi connectivity index (χ1v) is 6.44. The Kier molecular flexibility index (Phi) is 4.12. The maximum absolute atomic E-state index is 13.8. The number of carbonyl (C=O) groups excluding carboxylic acids is 1. The fraction of sp³-hybridized carbons (Fsp3) is 0.188. The number of para-hydroxylation sites is 1. The molecular formula is C16H17FN2O2. The van der Waals surface area contributed by atoms with Gasteiger partial charge >= 0.3 is 0 Å². The number of hydrogen-bond acceptors (Lipinski definition) is 3. The number of carbonyl (C=O) groups is 1. The van der Waals surface area contributed by atoms with Gasteiger partial charge in [-0.05, 0) is 36.8 Å². The minimum absolute atomic E-state index is 0.217. The molecule has 0 aliphatic carbocycles. The van der Waals surface area contributed by atoms with E-state index in [4.69, 9.17) is 10.5 Å². The van der Waals surface area contributed by atoms with Crippen LogP contribution < -0.4 is 15.8 Å². The fourth-order valence-corrected chi connectivity index (χ4v) is 2.03. The number of halogens is 1. The molecule has 0 aromatic heterocycles. The zero-order valence-corrected chi connectivity index (χ0v) is 11.9. The third kappa shape index (κ3) is 2.97. The molecular weight excluding hydrogens is 271 g/mol. The van der Waals surface area contributed by atoms with Gasteiger partial charge in [0.05, 0.1) is 12.8 Å². The highest BCUT2D eigenvalue weighted by molar-refractivity contribution is 5.89. The van der Waals surface area contributed by atoms with Crippen molar-refractivity contribution >= 4 is 11.6 Å². The SMILES string of the molecule is COc1ccc(C(C)(Nc2ccccc2F)C(N)=O)cc1. The van der Waals surface area contributed by atoms with E-state index in [2.05, 4.69) is 5.32 Å². The summed E-state index contributed by atoms with van der Waals surface area (Å²) in [4.78, 5) is 11.9. The Balaban J connectivity index is 2.40. The first-order valence-electron chi connectivity index (χ1n) is 6.44. The Labute approximate surface area is 122 Å². The monoisotopic (exact) mass is 288 g/mol. The molecule has 1 amide bonds. The summed E-state index contributed by atoms with van der Waals surface area (Å²) in [6, 6.07) is 13.0. The van der Waals surface area contributed by atoms with Gasteiger partial charge in [0.2, 0.25) is 5.91 Å². The molecule has 4 nitrogen and oxygen atoms in total. The Hall–Kier alpha value is -2.56. The van der Waals surface area contributed by atoms with E-state index in [1.165, 1.54) is 6.07 Å². The molecule has 5 heteroatoms. The number of amides is 1. The van der Waals surface area contributed by atoms with Crippen LogP contribution in [0.1, 0.15) is 12.5 Å². The van der Waals surface area contributed by atoms with E-state index in [1.54, 1.807) is 56.5 Å². The van der Waals surface area contributed by atoms with Gasteiger partial charge in [-0.1, -0.05) is 24.3 Å². The number of ether oxygens (including phenoxy) is 1. The van der Waals surface area contributed by atoms with Crippen LogP contribution in [0.25, 0.3) is 0 Å². The van der Waals surface area contributed by atoms with Gasteiger partial charge in [0.15, 0.2) is 0 Å². The molecule has 1 atom stereocenters. The lowest BCUT2D eigenvalue weighted by Gasteiger charge is -2.29. The van der Waals surface area contributed by atoms with Crippen molar-refractivity contribution in [3.8, 4) is 5.75 Å². The standard InChI is InChI=1S/C16H17FN2O2/c1-16(15(18)20,11-7-9-12(21-2)10-8-11)19-14-6-4-3-5-13(14)17/h3-10,19H,1-2H3,(H2,18,20). The number of methoxy groups -OCH3 is 1. The van der Waals surface area contributed by atoms with Crippen molar-refractivity contribution in [2.45, 2.75) is 12.5 Å². The molecule has 0 spiro atoms. The highest BCUT2D eigenvalue weighted by Gasteiger charge is 2.33. The maximum Gasteiger partial charge on any atom is 0.247 e. The summed E-state index contributed by atoms with van der Waals surface area (Å²) < 4.78 is 18.9. The second-order valence-electron chi connectivity index (χ2n) is 4.82. The van der Waals surface area contributed by atoms with E-state index < -0.39 is 17.3 Å². The molecule has 0 radical (unpaired) electrons. The molecule has 2 aromatic rings. The quantitative estimate of drug-likeness (QED) is 0.889. The van der Waals surface area contributed by atoms with Crippen LogP contribution in [-0.4, -0.2) is 13.0 Å². The van der Waals surface area contributed by atoms with E-state index >= 15 is 0 Å². The number of anilines is 1. The second kappa shape index (κ2) is 5.83. The predicted octanol–water partition coefficient (Wildman–Crippen LogP) is 2.65. The van der Waals surface area contributed by atoms with Crippen molar-refractivity contribution in [1.29, 1.82) is 0 Å². The minimum atomic E-state index is -1.23. The largest absolute Gasteiger partial charge is 0.497 e. The van der Waals surface area contributed by atoms with Gasteiger partial charge in [0.1, 0.15) is 17.1 Å². The molecule has 1 unspecified atom stereocenters. The molecule has 3 N–H and O–H groups in total. The number of nitrogens with two attached hydrogens (primary N) is 1. The maximum atomic E-state index is 13.8. The fourth-order valence-electron chi connectivity index (χ4n) is 2.03. The highest BCUT2D eigenvalue weighted by atomic mass is 19.1. The van der Waals surface area contributed by atoms with Crippen LogP contribution in [0.5, 0.6) is 5.75 Å². The minimum Gasteiger partial charge on any atom is -0.497 e. The van der Waals surface area contributed by atoms with Gasteiger partial charge in [-0.15, -0.1) is 0 Å². The Morgan fingerprint density at radius 3 is 2.33 bits per heavy atom. The third-order valence-corrected chi connectivity index (χ3v) is 3.42. The van der Waals surface area contributed by atoms with E-state index in [9.17, 15) is 9.18 Å². The molecule has 21 heavy (non-hydrogen) atoms. The molecule has 2 rings (SSSR count). The zero-order valence-electron chi connectivity index (χ0n) is 11.9. The van der Waals surface area contributed by atoms with Crippen molar-refractivity contribution in [2.24, 2.45) is 5.73 Å². The lowest BCUT2D eigenvalue weighted by molar-refractivity contribution is -0.122.